The highest BCUT2D eigenvalue weighted by molar-refractivity contribution is 5.57. The van der Waals surface area contributed by atoms with Crippen LogP contribution in [0.1, 0.15) is 105 Å². The summed E-state index contributed by atoms with van der Waals surface area (Å²) in [6, 6.07) is 18.1. The highest BCUT2D eigenvalue weighted by Crippen LogP contribution is 2.60. The first kappa shape index (κ1) is 22.6. The molecule has 0 aliphatic heterocycles. The summed E-state index contributed by atoms with van der Waals surface area (Å²) in [4.78, 5) is 0. The molecule has 0 amide bonds. The van der Waals surface area contributed by atoms with Crippen molar-refractivity contribution in [2.45, 2.75) is 96.3 Å². The lowest BCUT2D eigenvalue weighted by molar-refractivity contribution is 0.0319. The van der Waals surface area contributed by atoms with Gasteiger partial charge in [-0.05, 0) is 97.3 Å². The first-order valence-electron chi connectivity index (χ1n) is 12.6. The van der Waals surface area contributed by atoms with Crippen molar-refractivity contribution in [2.24, 2.45) is 5.41 Å². The van der Waals surface area contributed by atoms with Gasteiger partial charge in [0.25, 0.3) is 0 Å². The first-order chi connectivity index (χ1) is 15.6. The topological polar surface area (TPSA) is 47.6 Å². The molecule has 0 atom stereocenters. The van der Waals surface area contributed by atoms with Crippen molar-refractivity contribution in [1.29, 1.82) is 10.5 Å². The van der Waals surface area contributed by atoms with Crippen LogP contribution in [0.2, 0.25) is 0 Å². The van der Waals surface area contributed by atoms with Gasteiger partial charge in [0.05, 0.1) is 11.1 Å². The van der Waals surface area contributed by atoms with Crippen LogP contribution in [0.5, 0.6) is 0 Å². The zero-order valence-electron chi connectivity index (χ0n) is 19.8. The van der Waals surface area contributed by atoms with Gasteiger partial charge in [0.1, 0.15) is 12.1 Å². The van der Waals surface area contributed by atoms with Gasteiger partial charge in [-0.25, -0.2) is 0 Å². The van der Waals surface area contributed by atoms with Gasteiger partial charge in [-0.1, -0.05) is 63.1 Å². The molecule has 166 valence electrons. The number of nitriles is 2. The minimum Gasteiger partial charge on any atom is -0.192 e. The molecule has 32 heavy (non-hydrogen) atoms. The molecule has 3 aliphatic rings. The van der Waals surface area contributed by atoms with Crippen LogP contribution in [-0.4, -0.2) is 0 Å². The van der Waals surface area contributed by atoms with Gasteiger partial charge in [0.15, 0.2) is 0 Å². The zero-order valence-corrected chi connectivity index (χ0v) is 19.8. The summed E-state index contributed by atoms with van der Waals surface area (Å²) in [5.74, 6) is 0. The molecule has 0 unspecified atom stereocenters. The highest BCUT2D eigenvalue weighted by Gasteiger charge is 2.49. The number of fused-ring (bicyclic) bond motifs is 3. The Labute approximate surface area is 194 Å². The molecule has 0 heterocycles. The van der Waals surface area contributed by atoms with Crippen molar-refractivity contribution < 1.29 is 0 Å². The summed E-state index contributed by atoms with van der Waals surface area (Å²) < 4.78 is 0. The van der Waals surface area contributed by atoms with Crippen LogP contribution in [0.4, 0.5) is 0 Å². The number of rotatable bonds is 8. The van der Waals surface area contributed by atoms with Gasteiger partial charge in [-0.2, -0.15) is 10.5 Å². The average molecular weight is 425 g/mol. The van der Waals surface area contributed by atoms with E-state index in [-0.39, 0.29) is 5.41 Å². The van der Waals surface area contributed by atoms with E-state index in [0.717, 1.165) is 36.8 Å². The fourth-order valence-corrected chi connectivity index (χ4v) is 6.55. The van der Waals surface area contributed by atoms with E-state index >= 15 is 0 Å². The second-order valence-corrected chi connectivity index (χ2v) is 10.3. The Morgan fingerprint density at radius 3 is 1.81 bits per heavy atom. The Bertz CT molecular complexity index is 1010. The molecule has 2 aromatic carbocycles. The van der Waals surface area contributed by atoms with Crippen molar-refractivity contribution in [3.05, 3.63) is 69.8 Å². The molecule has 2 bridgehead atoms. The number of benzene rings is 2. The van der Waals surface area contributed by atoms with Crippen molar-refractivity contribution in [3.8, 4) is 12.1 Å². The third-order valence-electron chi connectivity index (χ3n) is 8.51. The summed E-state index contributed by atoms with van der Waals surface area (Å²) in [5.41, 5.74) is 6.80. The molecule has 3 fully saturated rings. The molecule has 2 nitrogen and oxygen atoms in total. The first-order valence-corrected chi connectivity index (χ1v) is 12.6. The zero-order chi connectivity index (χ0) is 22.6. The molecule has 0 spiro atoms. The molecule has 0 saturated heterocycles. The largest absolute Gasteiger partial charge is 0.192 e. The van der Waals surface area contributed by atoms with E-state index in [1.165, 1.54) is 62.5 Å². The van der Waals surface area contributed by atoms with E-state index in [1.807, 2.05) is 0 Å². The lowest BCUT2D eigenvalue weighted by atomic mass is 9.50. The maximum absolute atomic E-state index is 10.1. The maximum Gasteiger partial charge on any atom is 0.101 e. The number of nitrogens with zero attached hydrogens (tertiary/aromatic N) is 2. The molecule has 5 rings (SSSR count). The minimum atomic E-state index is 0.111. The second kappa shape index (κ2) is 9.50. The van der Waals surface area contributed by atoms with Crippen molar-refractivity contribution >= 4 is 0 Å². The molecule has 0 radical (unpaired) electrons. The Morgan fingerprint density at radius 2 is 1.28 bits per heavy atom. The van der Waals surface area contributed by atoms with Crippen molar-refractivity contribution in [2.75, 3.05) is 0 Å². The van der Waals surface area contributed by atoms with Crippen LogP contribution < -0.4 is 0 Å². The van der Waals surface area contributed by atoms with Crippen molar-refractivity contribution in [3.63, 3.8) is 0 Å². The van der Waals surface area contributed by atoms with Gasteiger partial charge >= 0.3 is 0 Å². The number of hydrogen-bond acceptors (Lipinski definition) is 2. The van der Waals surface area contributed by atoms with Crippen LogP contribution in [0.3, 0.4) is 0 Å². The Kier molecular flexibility index (Phi) is 6.71. The number of hydrogen-bond donors (Lipinski definition) is 0. The lowest BCUT2D eigenvalue weighted by Gasteiger charge is -2.54. The summed E-state index contributed by atoms with van der Waals surface area (Å²) in [5, 5.41) is 20.1. The Balaban J connectivity index is 1.56. The average Bonchev–Trinajstić information content (AvgIpc) is 2.84. The van der Waals surface area contributed by atoms with Gasteiger partial charge in [-0.3, -0.25) is 0 Å². The van der Waals surface area contributed by atoms with Gasteiger partial charge < -0.3 is 0 Å². The molecular formula is C30H36N2. The SMILES string of the molecule is CCCc1ccc(CCc2ccc(C34CCC(CCC)(CC3)CC4)c(C#N)c2C#N)cc1. The van der Waals surface area contributed by atoms with Crippen molar-refractivity contribution in [1.82, 2.24) is 0 Å². The van der Waals surface area contributed by atoms with Gasteiger partial charge in [0, 0.05) is 0 Å². The summed E-state index contributed by atoms with van der Waals surface area (Å²) in [6.07, 6.45) is 14.0. The van der Waals surface area contributed by atoms with E-state index in [0.29, 0.717) is 16.5 Å². The molecule has 2 aromatic rings. The van der Waals surface area contributed by atoms with Gasteiger partial charge in [0.2, 0.25) is 0 Å². The lowest BCUT2D eigenvalue weighted by Crippen LogP contribution is -2.44. The summed E-state index contributed by atoms with van der Waals surface area (Å²) in [7, 11) is 0. The van der Waals surface area contributed by atoms with E-state index in [1.54, 1.807) is 0 Å². The normalized spacial score (nSPS) is 24.1. The Hall–Kier alpha value is -2.58. The minimum absolute atomic E-state index is 0.111. The fourth-order valence-electron chi connectivity index (χ4n) is 6.55. The Morgan fingerprint density at radius 1 is 0.688 bits per heavy atom. The smallest absolute Gasteiger partial charge is 0.101 e. The quantitative estimate of drug-likeness (QED) is 0.439. The third kappa shape index (κ3) is 4.21. The summed E-state index contributed by atoms with van der Waals surface area (Å²) >= 11 is 0. The number of aryl methyl sites for hydroxylation is 3. The standard InChI is InChI=1S/C30H36N2/c1-3-5-23-6-8-24(9-7-23)10-11-25-12-13-28(27(22-32)26(25)21-31)30-18-15-29(14-4-2,16-19-30)17-20-30/h6-9,12-13H,3-5,10-11,14-20H2,1-2H3. The van der Waals surface area contributed by atoms with Crippen LogP contribution in [0, 0.1) is 28.1 Å². The molecule has 0 aromatic heterocycles. The molecule has 2 heteroatoms. The van der Waals surface area contributed by atoms with Crippen LogP contribution in [-0.2, 0) is 24.7 Å². The predicted molar refractivity (Wildman–Crippen MR) is 130 cm³/mol. The van der Waals surface area contributed by atoms with Crippen LogP contribution in [0.25, 0.3) is 0 Å². The van der Waals surface area contributed by atoms with E-state index < -0.39 is 0 Å². The van der Waals surface area contributed by atoms with E-state index in [2.05, 4.69) is 62.4 Å². The molecule has 3 saturated carbocycles. The second-order valence-electron chi connectivity index (χ2n) is 10.3. The van der Waals surface area contributed by atoms with Crippen LogP contribution in [0.15, 0.2) is 36.4 Å². The monoisotopic (exact) mass is 424 g/mol. The molecule has 3 aliphatic carbocycles. The van der Waals surface area contributed by atoms with E-state index in [9.17, 15) is 10.5 Å². The summed E-state index contributed by atoms with van der Waals surface area (Å²) in [6.45, 7) is 4.51. The molecular weight excluding hydrogens is 388 g/mol. The molecule has 0 N–H and O–H groups in total. The van der Waals surface area contributed by atoms with Crippen LogP contribution >= 0.6 is 0 Å². The third-order valence-corrected chi connectivity index (χ3v) is 8.51. The van der Waals surface area contributed by atoms with Gasteiger partial charge in [-0.15, -0.1) is 0 Å². The van der Waals surface area contributed by atoms with E-state index in [4.69, 9.17) is 0 Å². The predicted octanol–water partition coefficient (Wildman–Crippen LogP) is 7.56. The fraction of sp³-hybridized carbons (Fsp3) is 0.533. The highest BCUT2D eigenvalue weighted by atomic mass is 14.5. The maximum atomic E-state index is 10.1.